The van der Waals surface area contributed by atoms with Crippen LogP contribution in [0.3, 0.4) is 0 Å². The highest BCUT2D eigenvalue weighted by Crippen LogP contribution is 2.25. The van der Waals surface area contributed by atoms with E-state index in [-0.39, 0.29) is 5.91 Å². The second kappa shape index (κ2) is 8.45. The summed E-state index contributed by atoms with van der Waals surface area (Å²) in [5.41, 5.74) is 7.04. The molecule has 3 aromatic rings. The summed E-state index contributed by atoms with van der Waals surface area (Å²) >= 11 is 0. The third-order valence-electron chi connectivity index (χ3n) is 5.44. The van der Waals surface area contributed by atoms with Gasteiger partial charge in [-0.15, -0.1) is 0 Å². The largest absolute Gasteiger partial charge is 0.358 e. The molecule has 29 heavy (non-hydrogen) atoms. The predicted octanol–water partition coefficient (Wildman–Crippen LogP) is 4.20. The fraction of sp³-hybridized carbons (Fsp3) is 0.250. The molecule has 1 aliphatic heterocycles. The number of carbonyl (C=O) groups is 1. The van der Waals surface area contributed by atoms with Crippen LogP contribution in [0.5, 0.6) is 0 Å². The summed E-state index contributed by atoms with van der Waals surface area (Å²) in [6, 6.07) is 14.9. The number of nitrogens with one attached hydrogen (secondary N) is 3. The van der Waals surface area contributed by atoms with Gasteiger partial charge in [-0.25, -0.2) is 0 Å². The molecule has 5 nitrogen and oxygen atoms in total. The third-order valence-corrected chi connectivity index (χ3v) is 5.44. The second-order valence-electron chi connectivity index (χ2n) is 7.30. The van der Waals surface area contributed by atoms with E-state index in [1.807, 2.05) is 31.3 Å². The van der Waals surface area contributed by atoms with Crippen molar-refractivity contribution < 1.29 is 4.79 Å². The van der Waals surface area contributed by atoms with Crippen molar-refractivity contribution in [1.82, 2.24) is 20.6 Å². The molecule has 0 bridgehead atoms. The number of hydrogen-bond donors (Lipinski definition) is 3. The van der Waals surface area contributed by atoms with Crippen molar-refractivity contribution >= 4 is 18.1 Å². The number of benzene rings is 1. The van der Waals surface area contributed by atoms with Crippen molar-refractivity contribution in [2.75, 3.05) is 13.6 Å². The smallest absolute Gasteiger partial charge is 0.253 e. The minimum atomic E-state index is -0.00467. The first-order chi connectivity index (χ1) is 14.2. The van der Waals surface area contributed by atoms with Crippen LogP contribution in [0, 0.1) is 0 Å². The molecular formula is C24H26N4O. The van der Waals surface area contributed by atoms with Crippen molar-refractivity contribution in [2.45, 2.75) is 25.8 Å². The maximum Gasteiger partial charge on any atom is 0.253 e. The van der Waals surface area contributed by atoms with E-state index in [0.717, 1.165) is 46.6 Å². The number of fused-ring (bicyclic) bond motifs is 1. The lowest BCUT2D eigenvalue weighted by Gasteiger charge is -2.14. The first-order valence-electron chi connectivity index (χ1n) is 10.1. The van der Waals surface area contributed by atoms with Crippen molar-refractivity contribution in [2.24, 2.45) is 0 Å². The van der Waals surface area contributed by atoms with Gasteiger partial charge in [0.2, 0.25) is 0 Å². The van der Waals surface area contributed by atoms with Crippen LogP contribution >= 0.6 is 0 Å². The van der Waals surface area contributed by atoms with Crippen molar-refractivity contribution in [3.63, 3.8) is 0 Å². The molecule has 0 radical (unpaired) electrons. The summed E-state index contributed by atoms with van der Waals surface area (Å²) in [5, 5.41) is 6.22. The summed E-state index contributed by atoms with van der Waals surface area (Å²) in [7, 11) is 1.99. The quantitative estimate of drug-likeness (QED) is 0.595. The molecular weight excluding hydrogens is 360 g/mol. The van der Waals surface area contributed by atoms with Crippen LogP contribution in [0.15, 0.2) is 48.7 Å². The topological polar surface area (TPSA) is 69.8 Å². The van der Waals surface area contributed by atoms with Crippen LogP contribution in [0.1, 0.15) is 52.3 Å². The van der Waals surface area contributed by atoms with E-state index in [9.17, 15) is 4.79 Å². The van der Waals surface area contributed by atoms with Crippen molar-refractivity contribution in [3.8, 4) is 11.3 Å². The zero-order valence-corrected chi connectivity index (χ0v) is 16.8. The number of aromatic nitrogens is 2. The van der Waals surface area contributed by atoms with Gasteiger partial charge < -0.3 is 15.6 Å². The Labute approximate surface area is 171 Å². The monoisotopic (exact) mass is 386 g/mol. The Morgan fingerprint density at radius 3 is 2.72 bits per heavy atom. The Balaban J connectivity index is 1.53. The summed E-state index contributed by atoms with van der Waals surface area (Å²) in [6.07, 6.45) is 7.79. The maximum absolute atomic E-state index is 12.0. The number of pyridine rings is 1. The molecule has 0 fully saturated rings. The number of carbonyl (C=O) groups excluding carboxylic acids is 1. The molecule has 2 aromatic heterocycles. The van der Waals surface area contributed by atoms with E-state index in [1.165, 1.54) is 5.56 Å². The average molecular weight is 386 g/mol. The van der Waals surface area contributed by atoms with Gasteiger partial charge in [-0.3, -0.25) is 9.78 Å². The fourth-order valence-corrected chi connectivity index (χ4v) is 3.78. The molecule has 0 spiro atoms. The highest BCUT2D eigenvalue weighted by molar-refractivity contribution is 5.97. The van der Waals surface area contributed by atoms with Gasteiger partial charge in [0.1, 0.15) is 0 Å². The van der Waals surface area contributed by atoms with Gasteiger partial charge in [0, 0.05) is 42.2 Å². The molecule has 3 N–H and O–H groups in total. The Hall–Kier alpha value is -3.18. The SMILES string of the molecule is CCC(NC)c1ccc(C=Cc2cc(-c3cc4c([nH]3)CCNC4=O)ccn2)cc1. The standard InChI is InChI=1S/C24H26N4O/c1-3-21(25-2)17-7-4-16(5-8-17)6-9-19-14-18(10-12-26-19)23-15-20-22(28-23)11-13-27-24(20)29/h4-10,12,14-15,21,25,28H,3,11,13H2,1-2H3,(H,27,29). The molecule has 4 rings (SSSR count). The molecule has 5 heteroatoms. The van der Waals surface area contributed by atoms with E-state index in [1.54, 1.807) is 6.20 Å². The lowest BCUT2D eigenvalue weighted by molar-refractivity contribution is 0.0946. The fourth-order valence-electron chi connectivity index (χ4n) is 3.78. The van der Waals surface area contributed by atoms with Gasteiger partial charge in [-0.05, 0) is 48.9 Å². The van der Waals surface area contributed by atoms with Gasteiger partial charge in [0.05, 0.1) is 11.3 Å². The zero-order valence-electron chi connectivity index (χ0n) is 16.8. The normalized spacial score (nSPS) is 14.6. The number of nitrogens with zero attached hydrogens (tertiary/aromatic N) is 1. The Kier molecular flexibility index (Phi) is 5.58. The highest BCUT2D eigenvalue weighted by Gasteiger charge is 2.19. The first kappa shape index (κ1) is 19.2. The maximum atomic E-state index is 12.0. The molecule has 1 unspecified atom stereocenters. The molecule has 1 amide bonds. The minimum absolute atomic E-state index is 0.00467. The van der Waals surface area contributed by atoms with Crippen molar-refractivity contribution in [1.29, 1.82) is 0 Å². The van der Waals surface area contributed by atoms with E-state index in [2.05, 4.69) is 57.9 Å². The first-order valence-corrected chi connectivity index (χ1v) is 10.1. The molecule has 1 aliphatic rings. The summed E-state index contributed by atoms with van der Waals surface area (Å²) < 4.78 is 0. The molecule has 3 heterocycles. The van der Waals surface area contributed by atoms with E-state index < -0.39 is 0 Å². The summed E-state index contributed by atoms with van der Waals surface area (Å²) in [4.78, 5) is 19.9. The third kappa shape index (κ3) is 4.15. The average Bonchev–Trinajstić information content (AvgIpc) is 3.20. The van der Waals surface area contributed by atoms with Gasteiger partial charge in [-0.1, -0.05) is 37.3 Å². The molecule has 0 saturated carbocycles. The van der Waals surface area contributed by atoms with Crippen LogP contribution in [0.2, 0.25) is 0 Å². The Morgan fingerprint density at radius 2 is 2.00 bits per heavy atom. The Bertz CT molecular complexity index is 1030. The molecule has 1 aromatic carbocycles. The van der Waals surface area contributed by atoms with E-state index in [0.29, 0.717) is 12.6 Å². The van der Waals surface area contributed by atoms with Crippen LogP contribution in [-0.4, -0.2) is 29.5 Å². The Morgan fingerprint density at radius 1 is 1.17 bits per heavy atom. The lowest BCUT2D eigenvalue weighted by atomic mass is 10.0. The van der Waals surface area contributed by atoms with E-state index in [4.69, 9.17) is 0 Å². The lowest BCUT2D eigenvalue weighted by Crippen LogP contribution is -2.31. The van der Waals surface area contributed by atoms with Crippen LogP contribution in [-0.2, 0) is 6.42 Å². The molecule has 148 valence electrons. The van der Waals surface area contributed by atoms with Crippen molar-refractivity contribution in [3.05, 3.63) is 76.7 Å². The molecule has 0 aliphatic carbocycles. The molecule has 1 atom stereocenters. The number of aromatic amines is 1. The number of hydrogen-bond acceptors (Lipinski definition) is 3. The van der Waals surface area contributed by atoms with Gasteiger partial charge in [0.15, 0.2) is 0 Å². The predicted molar refractivity (Wildman–Crippen MR) is 118 cm³/mol. The van der Waals surface area contributed by atoms with Crippen LogP contribution in [0.4, 0.5) is 0 Å². The summed E-state index contributed by atoms with van der Waals surface area (Å²) in [6.45, 7) is 2.86. The number of H-pyrrole nitrogens is 1. The van der Waals surface area contributed by atoms with Gasteiger partial charge in [0.25, 0.3) is 5.91 Å². The van der Waals surface area contributed by atoms with Crippen LogP contribution in [0.25, 0.3) is 23.4 Å². The van der Waals surface area contributed by atoms with Gasteiger partial charge >= 0.3 is 0 Å². The highest BCUT2D eigenvalue weighted by atomic mass is 16.1. The number of amides is 1. The zero-order chi connectivity index (χ0) is 20.2. The summed E-state index contributed by atoms with van der Waals surface area (Å²) in [5.74, 6) is -0.00467. The van der Waals surface area contributed by atoms with E-state index >= 15 is 0 Å². The number of rotatable bonds is 6. The van der Waals surface area contributed by atoms with Crippen LogP contribution < -0.4 is 10.6 Å². The minimum Gasteiger partial charge on any atom is -0.358 e. The van der Waals surface area contributed by atoms with Gasteiger partial charge in [-0.2, -0.15) is 0 Å². The second-order valence-corrected chi connectivity index (χ2v) is 7.30. The molecule has 0 saturated heterocycles.